The number of amides is 1. The molecule has 0 aromatic heterocycles. The zero-order chi connectivity index (χ0) is 18.5. The van der Waals surface area contributed by atoms with E-state index in [4.69, 9.17) is 0 Å². The van der Waals surface area contributed by atoms with Gasteiger partial charge in [0.05, 0.1) is 6.54 Å². The third kappa shape index (κ3) is 4.02. The first kappa shape index (κ1) is 17.9. The number of carbonyl (C=O) groups excluding carboxylic acids is 1. The number of aliphatic imine (C=N–C) groups is 1. The number of fused-ring (bicyclic) bond motifs is 1. The molecule has 0 saturated heterocycles. The molecular formula is C20H23FN4O. The van der Waals surface area contributed by atoms with Crippen LogP contribution in [0.1, 0.15) is 16.7 Å². The van der Waals surface area contributed by atoms with Crippen LogP contribution in [0.3, 0.4) is 0 Å². The van der Waals surface area contributed by atoms with Crippen molar-refractivity contribution in [3.63, 3.8) is 0 Å². The van der Waals surface area contributed by atoms with E-state index < -0.39 is 0 Å². The summed E-state index contributed by atoms with van der Waals surface area (Å²) in [6.07, 6.45) is 0.888. The molecule has 136 valence electrons. The minimum absolute atomic E-state index is 0.00975. The second-order valence-corrected chi connectivity index (χ2v) is 6.29. The van der Waals surface area contributed by atoms with E-state index in [9.17, 15) is 9.18 Å². The monoisotopic (exact) mass is 354 g/mol. The smallest absolute Gasteiger partial charge is 0.246 e. The molecule has 2 aromatic rings. The minimum atomic E-state index is -0.215. The van der Waals surface area contributed by atoms with Crippen molar-refractivity contribution in [3.8, 4) is 0 Å². The van der Waals surface area contributed by atoms with Crippen molar-refractivity contribution in [2.24, 2.45) is 4.99 Å². The Kier molecular flexibility index (Phi) is 5.51. The summed E-state index contributed by atoms with van der Waals surface area (Å²) in [5, 5.41) is 6.19. The van der Waals surface area contributed by atoms with Crippen molar-refractivity contribution in [2.75, 3.05) is 25.0 Å². The number of nitrogens with one attached hydrogen (secondary N) is 2. The number of benzene rings is 2. The predicted molar refractivity (Wildman–Crippen MR) is 102 cm³/mol. The summed E-state index contributed by atoms with van der Waals surface area (Å²) in [7, 11) is 1.65. The molecule has 0 bridgehead atoms. The number of halogens is 1. The number of carbonyl (C=O) groups is 1. The molecule has 1 heterocycles. The van der Waals surface area contributed by atoms with E-state index in [0.29, 0.717) is 24.6 Å². The molecule has 1 aliphatic heterocycles. The van der Waals surface area contributed by atoms with Gasteiger partial charge >= 0.3 is 0 Å². The van der Waals surface area contributed by atoms with Crippen LogP contribution in [0.5, 0.6) is 0 Å². The number of hydrogen-bond acceptors (Lipinski definition) is 2. The summed E-state index contributed by atoms with van der Waals surface area (Å²) in [5.41, 5.74) is 3.75. The fourth-order valence-corrected chi connectivity index (χ4v) is 3.08. The molecule has 2 aromatic carbocycles. The number of anilines is 1. The average Bonchev–Trinajstić information content (AvgIpc) is 3.08. The van der Waals surface area contributed by atoms with E-state index in [0.717, 1.165) is 17.7 Å². The number of rotatable bonds is 4. The lowest BCUT2D eigenvalue weighted by Gasteiger charge is -2.19. The van der Waals surface area contributed by atoms with E-state index in [1.54, 1.807) is 31.0 Å². The van der Waals surface area contributed by atoms with Crippen LogP contribution >= 0.6 is 0 Å². The topological polar surface area (TPSA) is 56.7 Å². The van der Waals surface area contributed by atoms with E-state index in [-0.39, 0.29) is 18.3 Å². The van der Waals surface area contributed by atoms with Crippen molar-refractivity contribution in [3.05, 3.63) is 65.0 Å². The van der Waals surface area contributed by atoms with E-state index in [1.165, 1.54) is 11.6 Å². The molecule has 0 unspecified atom stereocenters. The van der Waals surface area contributed by atoms with Crippen LogP contribution in [0.15, 0.2) is 47.5 Å². The van der Waals surface area contributed by atoms with Gasteiger partial charge in [0.1, 0.15) is 5.82 Å². The lowest BCUT2D eigenvalue weighted by atomic mass is 10.1. The van der Waals surface area contributed by atoms with Gasteiger partial charge in [0.2, 0.25) is 5.91 Å². The van der Waals surface area contributed by atoms with Crippen LogP contribution in [0, 0.1) is 12.7 Å². The third-order valence-corrected chi connectivity index (χ3v) is 4.50. The summed E-state index contributed by atoms with van der Waals surface area (Å²) in [6.45, 7) is 3.11. The van der Waals surface area contributed by atoms with Gasteiger partial charge in [-0.1, -0.05) is 30.3 Å². The lowest BCUT2D eigenvalue weighted by Crippen LogP contribution is -2.44. The van der Waals surface area contributed by atoms with Gasteiger partial charge in [-0.3, -0.25) is 9.79 Å². The first-order valence-electron chi connectivity index (χ1n) is 8.66. The van der Waals surface area contributed by atoms with Crippen molar-refractivity contribution < 1.29 is 9.18 Å². The normalized spacial score (nSPS) is 13.5. The van der Waals surface area contributed by atoms with Crippen molar-refractivity contribution in [1.82, 2.24) is 10.6 Å². The molecule has 0 fully saturated rings. The van der Waals surface area contributed by atoms with Gasteiger partial charge in [0.15, 0.2) is 5.96 Å². The van der Waals surface area contributed by atoms with Gasteiger partial charge < -0.3 is 15.5 Å². The quantitative estimate of drug-likeness (QED) is 0.655. The van der Waals surface area contributed by atoms with E-state index in [1.807, 2.05) is 18.2 Å². The number of para-hydroxylation sites is 1. The maximum Gasteiger partial charge on any atom is 0.246 e. The summed E-state index contributed by atoms with van der Waals surface area (Å²) in [4.78, 5) is 18.5. The Morgan fingerprint density at radius 2 is 2.04 bits per heavy atom. The Morgan fingerprint density at radius 1 is 1.23 bits per heavy atom. The lowest BCUT2D eigenvalue weighted by molar-refractivity contribution is -0.117. The summed E-state index contributed by atoms with van der Waals surface area (Å²) in [6, 6.07) is 13.0. The molecular weight excluding hydrogens is 331 g/mol. The highest BCUT2D eigenvalue weighted by molar-refractivity contribution is 5.98. The van der Waals surface area contributed by atoms with Gasteiger partial charge in [0, 0.05) is 25.8 Å². The highest BCUT2D eigenvalue weighted by Gasteiger charge is 2.23. The first-order chi connectivity index (χ1) is 12.6. The van der Waals surface area contributed by atoms with Crippen LogP contribution in [0.4, 0.5) is 10.1 Å². The zero-order valence-electron chi connectivity index (χ0n) is 15.1. The highest BCUT2D eigenvalue weighted by Crippen LogP contribution is 2.27. The SMILES string of the molecule is CN=C(NCC(=O)N1CCc2ccccc21)NCc1ccc(F)c(C)c1. The Balaban J connectivity index is 1.53. The van der Waals surface area contributed by atoms with Crippen molar-refractivity contribution in [1.29, 1.82) is 0 Å². The maximum absolute atomic E-state index is 13.3. The molecule has 0 spiro atoms. The molecule has 3 rings (SSSR count). The van der Waals surface area contributed by atoms with E-state index >= 15 is 0 Å². The molecule has 6 heteroatoms. The minimum Gasteiger partial charge on any atom is -0.352 e. The Labute approximate surface area is 152 Å². The molecule has 0 aliphatic carbocycles. The predicted octanol–water partition coefficient (Wildman–Crippen LogP) is 2.39. The molecule has 0 atom stereocenters. The molecule has 2 N–H and O–H groups in total. The van der Waals surface area contributed by atoms with E-state index in [2.05, 4.69) is 21.7 Å². The zero-order valence-corrected chi connectivity index (χ0v) is 15.1. The van der Waals surface area contributed by atoms with Gasteiger partial charge in [-0.25, -0.2) is 4.39 Å². The molecule has 0 radical (unpaired) electrons. The van der Waals surface area contributed by atoms with Crippen LogP contribution in [-0.4, -0.2) is 32.0 Å². The highest BCUT2D eigenvalue weighted by atomic mass is 19.1. The second kappa shape index (κ2) is 7.99. The van der Waals surface area contributed by atoms with Crippen LogP contribution < -0.4 is 15.5 Å². The van der Waals surface area contributed by atoms with Crippen LogP contribution in [-0.2, 0) is 17.8 Å². The van der Waals surface area contributed by atoms with Crippen LogP contribution in [0.2, 0.25) is 0 Å². The van der Waals surface area contributed by atoms with Crippen molar-refractivity contribution in [2.45, 2.75) is 19.9 Å². The van der Waals surface area contributed by atoms with Gasteiger partial charge in [0.25, 0.3) is 0 Å². The second-order valence-electron chi connectivity index (χ2n) is 6.29. The summed E-state index contributed by atoms with van der Waals surface area (Å²) < 4.78 is 13.3. The summed E-state index contributed by atoms with van der Waals surface area (Å²) >= 11 is 0. The van der Waals surface area contributed by atoms with Crippen LogP contribution in [0.25, 0.3) is 0 Å². The Hall–Kier alpha value is -2.89. The maximum atomic E-state index is 13.3. The molecule has 26 heavy (non-hydrogen) atoms. The third-order valence-electron chi connectivity index (χ3n) is 4.50. The number of aryl methyl sites for hydroxylation is 1. The fraction of sp³-hybridized carbons (Fsp3) is 0.300. The molecule has 0 saturated carbocycles. The Morgan fingerprint density at radius 3 is 2.81 bits per heavy atom. The standard InChI is InChI=1S/C20H23FN4O/c1-14-11-15(7-8-17(14)21)12-23-20(22-2)24-13-19(26)25-10-9-16-5-3-4-6-18(16)25/h3-8,11H,9-10,12-13H2,1-2H3,(H2,22,23,24). The van der Waals surface area contributed by atoms with Gasteiger partial charge in [-0.05, 0) is 42.2 Å². The Bertz CT molecular complexity index is 834. The van der Waals surface area contributed by atoms with Gasteiger partial charge in [-0.15, -0.1) is 0 Å². The number of guanidine groups is 1. The number of nitrogens with zero attached hydrogens (tertiary/aromatic N) is 2. The number of hydrogen-bond donors (Lipinski definition) is 2. The average molecular weight is 354 g/mol. The fourth-order valence-electron chi connectivity index (χ4n) is 3.08. The summed E-state index contributed by atoms with van der Waals surface area (Å²) in [5.74, 6) is 0.330. The molecule has 1 aliphatic rings. The first-order valence-corrected chi connectivity index (χ1v) is 8.66. The molecule has 1 amide bonds. The largest absolute Gasteiger partial charge is 0.352 e. The van der Waals surface area contributed by atoms with Gasteiger partial charge in [-0.2, -0.15) is 0 Å². The van der Waals surface area contributed by atoms with Crippen molar-refractivity contribution >= 4 is 17.6 Å². The molecule has 5 nitrogen and oxygen atoms in total.